The summed E-state index contributed by atoms with van der Waals surface area (Å²) in [5, 5.41) is 0. The smallest absolute Gasteiger partial charge is 0.0154 e. The molecule has 0 aromatic carbocycles. The quantitative estimate of drug-likeness (QED) is 0.554. The highest BCUT2D eigenvalue weighted by molar-refractivity contribution is 5.41. The van der Waals surface area contributed by atoms with Gasteiger partial charge in [0.2, 0.25) is 0 Å². The molecule has 0 aromatic rings. The fourth-order valence-electron chi connectivity index (χ4n) is 3.21. The molecule has 0 bridgehead atoms. The van der Waals surface area contributed by atoms with Gasteiger partial charge in [-0.15, -0.1) is 0 Å². The first kappa shape index (κ1) is 13.4. The number of rotatable bonds is 2. The molecule has 2 rings (SSSR count). The molecule has 0 saturated carbocycles. The van der Waals surface area contributed by atoms with Crippen molar-refractivity contribution in [3.63, 3.8) is 0 Å². The molecule has 0 aliphatic heterocycles. The van der Waals surface area contributed by atoms with E-state index < -0.39 is 0 Å². The van der Waals surface area contributed by atoms with E-state index >= 15 is 0 Å². The van der Waals surface area contributed by atoms with Crippen LogP contribution in [-0.2, 0) is 0 Å². The second kappa shape index (κ2) is 5.73. The Morgan fingerprint density at radius 3 is 2.83 bits per heavy atom. The van der Waals surface area contributed by atoms with Crippen LogP contribution in [0.5, 0.6) is 0 Å². The van der Waals surface area contributed by atoms with Gasteiger partial charge in [0.25, 0.3) is 0 Å². The summed E-state index contributed by atoms with van der Waals surface area (Å²) in [6.45, 7) is 10.9. The molecular formula is C18H26. The Morgan fingerprint density at radius 1 is 1.33 bits per heavy atom. The highest BCUT2D eigenvalue weighted by atomic mass is 14.3. The first-order valence-electron chi connectivity index (χ1n) is 7.30. The van der Waals surface area contributed by atoms with Gasteiger partial charge in [-0.05, 0) is 68.9 Å². The molecule has 0 spiro atoms. The van der Waals surface area contributed by atoms with Gasteiger partial charge < -0.3 is 0 Å². The van der Waals surface area contributed by atoms with E-state index in [4.69, 9.17) is 0 Å². The molecule has 0 N–H and O–H groups in total. The van der Waals surface area contributed by atoms with Crippen LogP contribution in [0.2, 0.25) is 0 Å². The first-order chi connectivity index (χ1) is 8.58. The topological polar surface area (TPSA) is 0 Å². The third-order valence-corrected chi connectivity index (χ3v) is 4.38. The molecule has 18 heavy (non-hydrogen) atoms. The Balaban J connectivity index is 2.22. The van der Waals surface area contributed by atoms with Crippen LogP contribution in [0, 0.1) is 11.8 Å². The molecule has 0 heteroatoms. The molecule has 2 unspecified atom stereocenters. The van der Waals surface area contributed by atoms with Crippen LogP contribution in [0.15, 0.2) is 47.1 Å². The van der Waals surface area contributed by atoms with E-state index in [1.54, 1.807) is 11.1 Å². The maximum Gasteiger partial charge on any atom is -0.0154 e. The zero-order chi connectivity index (χ0) is 13.1. The van der Waals surface area contributed by atoms with Crippen molar-refractivity contribution in [2.75, 3.05) is 0 Å². The second-order valence-corrected chi connectivity index (χ2v) is 6.10. The minimum Gasteiger partial charge on any atom is -0.0958 e. The molecule has 2 atom stereocenters. The molecule has 0 radical (unpaired) electrons. The third-order valence-electron chi connectivity index (χ3n) is 4.38. The van der Waals surface area contributed by atoms with Crippen molar-refractivity contribution >= 4 is 0 Å². The van der Waals surface area contributed by atoms with Crippen LogP contribution in [0.3, 0.4) is 0 Å². The van der Waals surface area contributed by atoms with Crippen molar-refractivity contribution in [2.45, 2.75) is 52.9 Å². The number of hydrogen-bond donors (Lipinski definition) is 0. The minimum atomic E-state index is 0.724. The van der Waals surface area contributed by atoms with Crippen LogP contribution in [0.4, 0.5) is 0 Å². The van der Waals surface area contributed by atoms with Gasteiger partial charge in [0.1, 0.15) is 0 Å². The highest BCUT2D eigenvalue weighted by Gasteiger charge is 2.21. The normalized spacial score (nSPS) is 28.9. The van der Waals surface area contributed by atoms with Gasteiger partial charge in [-0.25, -0.2) is 0 Å². The van der Waals surface area contributed by atoms with E-state index in [1.807, 2.05) is 0 Å². The van der Waals surface area contributed by atoms with Gasteiger partial charge in [-0.1, -0.05) is 42.9 Å². The van der Waals surface area contributed by atoms with Crippen LogP contribution in [0.25, 0.3) is 0 Å². The van der Waals surface area contributed by atoms with Crippen LogP contribution < -0.4 is 0 Å². The minimum absolute atomic E-state index is 0.724. The maximum absolute atomic E-state index is 4.11. The van der Waals surface area contributed by atoms with Crippen molar-refractivity contribution in [1.29, 1.82) is 0 Å². The van der Waals surface area contributed by atoms with Gasteiger partial charge in [-0.2, -0.15) is 0 Å². The first-order valence-corrected chi connectivity index (χ1v) is 7.30. The van der Waals surface area contributed by atoms with Crippen LogP contribution in [-0.4, -0.2) is 0 Å². The highest BCUT2D eigenvalue weighted by Crippen LogP contribution is 2.37. The summed E-state index contributed by atoms with van der Waals surface area (Å²) in [7, 11) is 0. The Kier molecular flexibility index (Phi) is 4.27. The zero-order valence-electron chi connectivity index (χ0n) is 12.1. The average molecular weight is 242 g/mol. The summed E-state index contributed by atoms with van der Waals surface area (Å²) in [5.41, 5.74) is 5.95. The maximum atomic E-state index is 4.11. The Bertz CT molecular complexity index is 417. The Labute approximate surface area is 112 Å². The number of hydrogen-bond acceptors (Lipinski definition) is 0. The molecule has 0 amide bonds. The predicted molar refractivity (Wildman–Crippen MR) is 80.5 cm³/mol. The van der Waals surface area contributed by atoms with Crippen molar-refractivity contribution < 1.29 is 0 Å². The monoisotopic (exact) mass is 242 g/mol. The molecule has 2 aliphatic carbocycles. The van der Waals surface area contributed by atoms with Crippen molar-refractivity contribution in [3.8, 4) is 0 Å². The standard InChI is InChI=1S/C18H26/c1-13(2)16-10-9-15(4)18(12-16)17-8-6-5-7-14(3)11-17/h5,7,12,14,17H,1,6,8-11H2,2-4H3. The predicted octanol–water partition coefficient (Wildman–Crippen LogP) is 5.59. The van der Waals surface area contributed by atoms with Crippen molar-refractivity contribution in [2.24, 2.45) is 11.8 Å². The summed E-state index contributed by atoms with van der Waals surface area (Å²) in [5.74, 6) is 1.48. The third kappa shape index (κ3) is 3.04. The lowest BCUT2D eigenvalue weighted by atomic mass is 9.80. The van der Waals surface area contributed by atoms with Crippen molar-refractivity contribution in [1.82, 2.24) is 0 Å². The molecule has 98 valence electrons. The van der Waals surface area contributed by atoms with E-state index in [9.17, 15) is 0 Å². The van der Waals surface area contributed by atoms with Gasteiger partial charge in [0, 0.05) is 0 Å². The molecule has 0 aromatic heterocycles. The van der Waals surface area contributed by atoms with Crippen molar-refractivity contribution in [3.05, 3.63) is 47.1 Å². The lowest BCUT2D eigenvalue weighted by molar-refractivity contribution is 0.477. The summed E-state index contributed by atoms with van der Waals surface area (Å²) in [6, 6.07) is 0. The SMILES string of the molecule is C=C(C)C1=CC(C2CCC=CC(C)C2)=C(C)CC1. The van der Waals surface area contributed by atoms with E-state index in [-0.39, 0.29) is 0 Å². The number of allylic oxidation sites excluding steroid dienone is 7. The zero-order valence-corrected chi connectivity index (χ0v) is 12.1. The molecule has 0 saturated heterocycles. The summed E-state index contributed by atoms with van der Waals surface area (Å²) in [4.78, 5) is 0. The largest absolute Gasteiger partial charge is 0.0958 e. The van der Waals surface area contributed by atoms with Crippen LogP contribution >= 0.6 is 0 Å². The van der Waals surface area contributed by atoms with Gasteiger partial charge in [-0.3, -0.25) is 0 Å². The molecule has 0 nitrogen and oxygen atoms in total. The summed E-state index contributed by atoms with van der Waals surface area (Å²) >= 11 is 0. The van der Waals surface area contributed by atoms with E-state index in [0.29, 0.717) is 0 Å². The lowest BCUT2D eigenvalue weighted by Crippen LogP contribution is -2.11. The Hall–Kier alpha value is -1.04. The van der Waals surface area contributed by atoms with Gasteiger partial charge >= 0.3 is 0 Å². The fourth-order valence-corrected chi connectivity index (χ4v) is 3.21. The fraction of sp³-hybridized carbons (Fsp3) is 0.556. The molecule has 2 aliphatic rings. The summed E-state index contributed by atoms with van der Waals surface area (Å²) in [6.07, 6.45) is 13.5. The van der Waals surface area contributed by atoms with Gasteiger partial charge in [0.05, 0.1) is 0 Å². The van der Waals surface area contributed by atoms with Gasteiger partial charge in [0.15, 0.2) is 0 Å². The van der Waals surface area contributed by atoms with E-state index in [1.165, 1.54) is 43.3 Å². The molecule has 0 heterocycles. The van der Waals surface area contributed by atoms with Crippen LogP contribution in [0.1, 0.15) is 52.9 Å². The molecule has 0 fully saturated rings. The lowest BCUT2D eigenvalue weighted by Gasteiger charge is -2.26. The second-order valence-electron chi connectivity index (χ2n) is 6.10. The Morgan fingerprint density at radius 2 is 2.11 bits per heavy atom. The molecular weight excluding hydrogens is 216 g/mol. The average Bonchev–Trinajstić information content (AvgIpc) is 2.54. The van der Waals surface area contributed by atoms with E-state index in [2.05, 4.69) is 45.6 Å². The van der Waals surface area contributed by atoms with E-state index in [0.717, 1.165) is 11.8 Å². The summed E-state index contributed by atoms with van der Waals surface area (Å²) < 4.78 is 0.